The van der Waals surface area contributed by atoms with E-state index >= 15 is 0 Å². The number of nitrogens with one attached hydrogen (secondary N) is 1. The molecule has 0 amide bonds. The van der Waals surface area contributed by atoms with Crippen LogP contribution in [0, 0.1) is 0 Å². The molecular formula is C17H21N3O. The van der Waals surface area contributed by atoms with Gasteiger partial charge in [-0.05, 0) is 43.4 Å². The second-order valence-corrected chi connectivity index (χ2v) is 5.45. The van der Waals surface area contributed by atoms with Crippen LogP contribution in [0.4, 0.5) is 0 Å². The Kier molecular flexibility index (Phi) is 4.46. The Labute approximate surface area is 125 Å². The normalized spacial score (nSPS) is 17.9. The number of ether oxygens (including phenoxy) is 1. The van der Waals surface area contributed by atoms with Crippen LogP contribution >= 0.6 is 0 Å². The summed E-state index contributed by atoms with van der Waals surface area (Å²) in [6, 6.07) is 6.66. The molecule has 1 atom stereocenters. The number of nitrogens with zero attached hydrogens (tertiary/aromatic N) is 2. The van der Waals surface area contributed by atoms with E-state index < -0.39 is 0 Å². The molecule has 0 spiro atoms. The highest BCUT2D eigenvalue weighted by Gasteiger charge is 2.16. The quantitative estimate of drug-likeness (QED) is 0.876. The minimum atomic E-state index is 0.518. The first-order chi connectivity index (χ1) is 10.4. The number of hydrogen-bond acceptors (Lipinski definition) is 4. The van der Waals surface area contributed by atoms with Gasteiger partial charge < -0.3 is 10.1 Å². The lowest BCUT2D eigenvalue weighted by Gasteiger charge is -2.17. The maximum atomic E-state index is 5.37. The molecule has 0 bridgehead atoms. The highest BCUT2D eigenvalue weighted by molar-refractivity contribution is 5.30. The van der Waals surface area contributed by atoms with Crippen molar-refractivity contribution < 1.29 is 4.74 Å². The molecule has 4 nitrogen and oxygen atoms in total. The van der Waals surface area contributed by atoms with Crippen molar-refractivity contribution in [1.82, 2.24) is 15.3 Å². The standard InChI is InChI=1S/C17H21N3O/c1-21-17-8-10-18-11-14(17)12-20-15-5-4-13-3-2-9-19-16(13)7-6-15/h2-3,8-11,15,20H,4-7,12H2,1H3/t15-/m0/s1. The zero-order valence-electron chi connectivity index (χ0n) is 12.4. The van der Waals surface area contributed by atoms with Crippen LogP contribution in [0.3, 0.4) is 0 Å². The van der Waals surface area contributed by atoms with E-state index in [1.165, 1.54) is 11.3 Å². The second-order valence-electron chi connectivity index (χ2n) is 5.45. The molecule has 0 radical (unpaired) electrons. The topological polar surface area (TPSA) is 47.0 Å². The van der Waals surface area contributed by atoms with Crippen LogP contribution in [0.15, 0.2) is 36.8 Å². The number of aromatic nitrogens is 2. The third-order valence-electron chi connectivity index (χ3n) is 4.14. The average Bonchev–Trinajstić information content (AvgIpc) is 2.76. The molecule has 21 heavy (non-hydrogen) atoms. The molecule has 1 N–H and O–H groups in total. The number of rotatable bonds is 4. The fourth-order valence-electron chi connectivity index (χ4n) is 2.91. The van der Waals surface area contributed by atoms with E-state index in [2.05, 4.69) is 21.4 Å². The first-order valence-electron chi connectivity index (χ1n) is 7.50. The van der Waals surface area contributed by atoms with E-state index in [0.29, 0.717) is 6.04 Å². The number of fused-ring (bicyclic) bond motifs is 1. The van der Waals surface area contributed by atoms with E-state index in [1.807, 2.05) is 24.5 Å². The first-order valence-corrected chi connectivity index (χ1v) is 7.50. The van der Waals surface area contributed by atoms with Gasteiger partial charge in [-0.25, -0.2) is 0 Å². The molecule has 1 aliphatic rings. The van der Waals surface area contributed by atoms with Gasteiger partial charge in [0.25, 0.3) is 0 Å². The fourth-order valence-corrected chi connectivity index (χ4v) is 2.91. The highest BCUT2D eigenvalue weighted by Crippen LogP contribution is 2.20. The number of pyridine rings is 2. The van der Waals surface area contributed by atoms with Crippen LogP contribution in [0.25, 0.3) is 0 Å². The molecule has 4 heteroatoms. The predicted octanol–water partition coefficient (Wildman–Crippen LogP) is 2.52. The molecule has 0 aliphatic heterocycles. The van der Waals surface area contributed by atoms with Crippen LogP contribution < -0.4 is 10.1 Å². The summed E-state index contributed by atoms with van der Waals surface area (Å²) in [6.45, 7) is 0.797. The highest BCUT2D eigenvalue weighted by atomic mass is 16.5. The van der Waals surface area contributed by atoms with E-state index in [0.717, 1.165) is 43.5 Å². The van der Waals surface area contributed by atoms with Crippen LogP contribution in [-0.2, 0) is 19.4 Å². The van der Waals surface area contributed by atoms with Gasteiger partial charge in [-0.3, -0.25) is 9.97 Å². The molecule has 2 heterocycles. The zero-order valence-corrected chi connectivity index (χ0v) is 12.4. The maximum absolute atomic E-state index is 5.37. The zero-order chi connectivity index (χ0) is 14.5. The van der Waals surface area contributed by atoms with Gasteiger partial charge in [0, 0.05) is 42.4 Å². The third kappa shape index (κ3) is 3.39. The Morgan fingerprint density at radius 1 is 1.24 bits per heavy atom. The van der Waals surface area contributed by atoms with Crippen molar-refractivity contribution in [3.8, 4) is 5.75 Å². The van der Waals surface area contributed by atoms with Gasteiger partial charge in [0.15, 0.2) is 0 Å². The van der Waals surface area contributed by atoms with Gasteiger partial charge in [-0.2, -0.15) is 0 Å². The van der Waals surface area contributed by atoms with E-state index in [9.17, 15) is 0 Å². The smallest absolute Gasteiger partial charge is 0.126 e. The van der Waals surface area contributed by atoms with Gasteiger partial charge >= 0.3 is 0 Å². The fraction of sp³-hybridized carbons (Fsp3) is 0.412. The maximum Gasteiger partial charge on any atom is 0.126 e. The van der Waals surface area contributed by atoms with Crippen LogP contribution in [0.2, 0.25) is 0 Å². The van der Waals surface area contributed by atoms with Crippen molar-refractivity contribution in [2.45, 2.75) is 38.3 Å². The van der Waals surface area contributed by atoms with Crippen molar-refractivity contribution in [2.75, 3.05) is 7.11 Å². The molecule has 0 aromatic carbocycles. The van der Waals surface area contributed by atoms with Gasteiger partial charge in [0.1, 0.15) is 5.75 Å². The van der Waals surface area contributed by atoms with Gasteiger partial charge in [-0.15, -0.1) is 0 Å². The van der Waals surface area contributed by atoms with Crippen LogP contribution in [0.1, 0.15) is 29.7 Å². The summed E-state index contributed by atoms with van der Waals surface area (Å²) in [7, 11) is 1.70. The lowest BCUT2D eigenvalue weighted by atomic mass is 10.1. The van der Waals surface area contributed by atoms with E-state index in [1.54, 1.807) is 13.3 Å². The number of aryl methyl sites for hydroxylation is 2. The Bertz CT molecular complexity index is 573. The molecule has 1 aliphatic carbocycles. The second kappa shape index (κ2) is 6.68. The summed E-state index contributed by atoms with van der Waals surface area (Å²) in [6.07, 6.45) is 9.97. The first kappa shape index (κ1) is 14.0. The predicted molar refractivity (Wildman–Crippen MR) is 82.3 cm³/mol. The average molecular weight is 283 g/mol. The van der Waals surface area contributed by atoms with Gasteiger partial charge in [-0.1, -0.05) is 6.07 Å². The molecular weight excluding hydrogens is 262 g/mol. The van der Waals surface area contributed by atoms with Crippen molar-refractivity contribution >= 4 is 0 Å². The lowest BCUT2D eigenvalue weighted by molar-refractivity contribution is 0.400. The van der Waals surface area contributed by atoms with E-state index in [4.69, 9.17) is 4.74 Å². The molecule has 110 valence electrons. The van der Waals surface area contributed by atoms with Crippen LogP contribution in [0.5, 0.6) is 5.75 Å². The summed E-state index contributed by atoms with van der Waals surface area (Å²) in [5.41, 5.74) is 3.78. The minimum absolute atomic E-state index is 0.518. The monoisotopic (exact) mass is 283 g/mol. The molecule has 0 saturated heterocycles. The summed E-state index contributed by atoms with van der Waals surface area (Å²) >= 11 is 0. The van der Waals surface area contributed by atoms with Crippen molar-refractivity contribution in [1.29, 1.82) is 0 Å². The Hall–Kier alpha value is -1.94. The van der Waals surface area contributed by atoms with Crippen molar-refractivity contribution in [2.24, 2.45) is 0 Å². The largest absolute Gasteiger partial charge is 0.496 e. The Morgan fingerprint density at radius 3 is 3.05 bits per heavy atom. The number of methoxy groups -OCH3 is 1. The number of hydrogen-bond donors (Lipinski definition) is 1. The van der Waals surface area contributed by atoms with Crippen LogP contribution in [-0.4, -0.2) is 23.1 Å². The molecule has 0 unspecified atom stereocenters. The molecule has 3 rings (SSSR count). The molecule has 2 aromatic rings. The van der Waals surface area contributed by atoms with Crippen molar-refractivity contribution in [3.63, 3.8) is 0 Å². The van der Waals surface area contributed by atoms with Gasteiger partial charge in [0.2, 0.25) is 0 Å². The minimum Gasteiger partial charge on any atom is -0.496 e. The Morgan fingerprint density at radius 2 is 2.14 bits per heavy atom. The lowest BCUT2D eigenvalue weighted by Crippen LogP contribution is -2.29. The summed E-state index contributed by atoms with van der Waals surface area (Å²) in [5.74, 6) is 0.899. The SMILES string of the molecule is COc1ccncc1CN[C@H]1CCc2cccnc2CC1. The Balaban J connectivity index is 1.60. The summed E-state index contributed by atoms with van der Waals surface area (Å²) in [5, 5.41) is 3.64. The summed E-state index contributed by atoms with van der Waals surface area (Å²) < 4.78 is 5.37. The molecule has 2 aromatic heterocycles. The molecule has 0 fully saturated rings. The third-order valence-corrected chi connectivity index (χ3v) is 4.14. The molecule has 0 saturated carbocycles. The van der Waals surface area contributed by atoms with E-state index in [-0.39, 0.29) is 0 Å². The summed E-state index contributed by atoms with van der Waals surface area (Å²) in [4.78, 5) is 8.68. The van der Waals surface area contributed by atoms with Crippen molar-refractivity contribution in [3.05, 3.63) is 53.6 Å². The van der Waals surface area contributed by atoms with Gasteiger partial charge in [0.05, 0.1) is 7.11 Å².